The second kappa shape index (κ2) is 6.24. The maximum Gasteiger partial charge on any atom is 0.143 e. The van der Waals surface area contributed by atoms with Crippen LogP contribution in [-0.2, 0) is 4.74 Å². The topological polar surface area (TPSA) is 71.5 Å². The lowest BCUT2D eigenvalue weighted by molar-refractivity contribution is 0.0323. The number of nitriles is 1. The van der Waals surface area contributed by atoms with Gasteiger partial charge in [0.05, 0.1) is 30.5 Å². The quantitative estimate of drug-likeness (QED) is 0.799. The van der Waals surface area contributed by atoms with Gasteiger partial charge in [0.15, 0.2) is 0 Å². The maximum atomic E-state index is 8.81. The molecule has 1 aromatic carbocycles. The molecule has 0 bridgehead atoms. The van der Waals surface area contributed by atoms with Crippen molar-refractivity contribution < 1.29 is 9.47 Å². The zero-order valence-electron chi connectivity index (χ0n) is 10.3. The highest BCUT2D eigenvalue weighted by molar-refractivity contribution is 5.55. The highest BCUT2D eigenvalue weighted by atomic mass is 16.5. The molecule has 0 amide bonds. The van der Waals surface area contributed by atoms with Gasteiger partial charge in [0.2, 0.25) is 0 Å². The van der Waals surface area contributed by atoms with Crippen molar-refractivity contribution in [2.24, 2.45) is 0 Å². The fourth-order valence-electron chi connectivity index (χ4n) is 1.84. The molecule has 0 saturated carbocycles. The number of rotatable bonds is 4. The van der Waals surface area contributed by atoms with Crippen LogP contribution in [0.3, 0.4) is 0 Å². The van der Waals surface area contributed by atoms with Crippen LogP contribution < -0.4 is 10.5 Å². The third-order valence-corrected chi connectivity index (χ3v) is 2.91. The Balaban J connectivity index is 1.84. The van der Waals surface area contributed by atoms with Crippen molar-refractivity contribution in [2.45, 2.75) is 0 Å². The number of nitrogen functional groups attached to an aromatic ring is 1. The van der Waals surface area contributed by atoms with Gasteiger partial charge in [0, 0.05) is 25.7 Å². The van der Waals surface area contributed by atoms with E-state index >= 15 is 0 Å². The van der Waals surface area contributed by atoms with Gasteiger partial charge in [-0.15, -0.1) is 0 Å². The number of benzene rings is 1. The molecule has 0 unspecified atom stereocenters. The Kier molecular flexibility index (Phi) is 4.40. The van der Waals surface area contributed by atoms with E-state index in [1.165, 1.54) is 0 Å². The predicted molar refractivity (Wildman–Crippen MR) is 68.3 cm³/mol. The summed E-state index contributed by atoms with van der Waals surface area (Å²) in [4.78, 5) is 2.29. The van der Waals surface area contributed by atoms with Crippen LogP contribution in [0, 0.1) is 11.3 Å². The first-order chi connectivity index (χ1) is 8.79. The monoisotopic (exact) mass is 247 g/mol. The summed E-state index contributed by atoms with van der Waals surface area (Å²) >= 11 is 0. The number of ether oxygens (including phenoxy) is 2. The number of anilines is 1. The normalized spacial score (nSPS) is 16.2. The molecule has 96 valence electrons. The molecule has 2 rings (SSSR count). The van der Waals surface area contributed by atoms with Crippen LogP contribution >= 0.6 is 0 Å². The lowest BCUT2D eigenvalue weighted by Gasteiger charge is -2.26. The van der Waals surface area contributed by atoms with Crippen molar-refractivity contribution in [1.82, 2.24) is 4.90 Å². The third kappa shape index (κ3) is 3.36. The summed E-state index contributed by atoms with van der Waals surface area (Å²) in [6, 6.07) is 7.13. The van der Waals surface area contributed by atoms with Gasteiger partial charge in [-0.2, -0.15) is 5.26 Å². The molecule has 18 heavy (non-hydrogen) atoms. The lowest BCUT2D eigenvalue weighted by atomic mass is 10.2. The number of nitrogens with two attached hydrogens (primary N) is 1. The SMILES string of the molecule is N#Cc1ccc(N)c(OCCN2CCOCC2)c1. The highest BCUT2D eigenvalue weighted by Crippen LogP contribution is 2.22. The van der Waals surface area contributed by atoms with Crippen molar-refractivity contribution in [3.63, 3.8) is 0 Å². The Morgan fingerprint density at radius 3 is 2.89 bits per heavy atom. The summed E-state index contributed by atoms with van der Waals surface area (Å²) in [6.07, 6.45) is 0. The lowest BCUT2D eigenvalue weighted by Crippen LogP contribution is -2.38. The van der Waals surface area contributed by atoms with E-state index in [0.29, 0.717) is 23.6 Å². The molecule has 0 aromatic heterocycles. The average molecular weight is 247 g/mol. The van der Waals surface area contributed by atoms with Gasteiger partial charge in [-0.05, 0) is 12.1 Å². The van der Waals surface area contributed by atoms with Crippen LogP contribution in [0.15, 0.2) is 18.2 Å². The molecule has 1 aromatic rings. The Bertz CT molecular complexity index is 436. The van der Waals surface area contributed by atoms with E-state index in [2.05, 4.69) is 11.0 Å². The molecule has 0 atom stereocenters. The van der Waals surface area contributed by atoms with Gasteiger partial charge in [-0.3, -0.25) is 4.90 Å². The minimum atomic E-state index is 0.561. The molecule has 1 fully saturated rings. The largest absolute Gasteiger partial charge is 0.490 e. The summed E-state index contributed by atoms with van der Waals surface area (Å²) < 4.78 is 10.9. The average Bonchev–Trinajstić information content (AvgIpc) is 2.42. The first kappa shape index (κ1) is 12.7. The second-order valence-corrected chi connectivity index (χ2v) is 4.17. The Morgan fingerprint density at radius 2 is 2.17 bits per heavy atom. The van der Waals surface area contributed by atoms with Gasteiger partial charge < -0.3 is 15.2 Å². The van der Waals surface area contributed by atoms with Crippen molar-refractivity contribution >= 4 is 5.69 Å². The van der Waals surface area contributed by atoms with E-state index in [0.717, 1.165) is 32.8 Å². The summed E-state index contributed by atoms with van der Waals surface area (Å²) in [5, 5.41) is 8.81. The van der Waals surface area contributed by atoms with Gasteiger partial charge in [-0.1, -0.05) is 0 Å². The highest BCUT2D eigenvalue weighted by Gasteiger charge is 2.10. The van der Waals surface area contributed by atoms with Crippen LogP contribution in [0.5, 0.6) is 5.75 Å². The fourth-order valence-corrected chi connectivity index (χ4v) is 1.84. The molecule has 1 aliphatic rings. The number of hydrogen-bond donors (Lipinski definition) is 1. The van der Waals surface area contributed by atoms with Crippen LogP contribution in [-0.4, -0.2) is 44.4 Å². The molecule has 5 heteroatoms. The number of nitrogens with zero attached hydrogens (tertiary/aromatic N) is 2. The second-order valence-electron chi connectivity index (χ2n) is 4.17. The molecule has 0 aliphatic carbocycles. The first-order valence-electron chi connectivity index (χ1n) is 6.02. The minimum Gasteiger partial charge on any atom is -0.490 e. The van der Waals surface area contributed by atoms with Gasteiger partial charge in [-0.25, -0.2) is 0 Å². The zero-order chi connectivity index (χ0) is 12.8. The number of hydrogen-bond acceptors (Lipinski definition) is 5. The molecule has 1 heterocycles. The summed E-state index contributed by atoms with van der Waals surface area (Å²) in [5.74, 6) is 0.585. The van der Waals surface area contributed by atoms with Gasteiger partial charge in [0.1, 0.15) is 12.4 Å². The summed E-state index contributed by atoms with van der Waals surface area (Å²) in [5.41, 5.74) is 6.92. The molecular weight excluding hydrogens is 230 g/mol. The Hall–Kier alpha value is -1.77. The molecule has 1 aliphatic heterocycles. The summed E-state index contributed by atoms with van der Waals surface area (Å²) in [6.45, 7) is 4.87. The van der Waals surface area contributed by atoms with Crippen molar-refractivity contribution in [1.29, 1.82) is 5.26 Å². The first-order valence-corrected chi connectivity index (χ1v) is 6.02. The zero-order valence-corrected chi connectivity index (χ0v) is 10.3. The van der Waals surface area contributed by atoms with Crippen LogP contribution in [0.4, 0.5) is 5.69 Å². The van der Waals surface area contributed by atoms with E-state index in [-0.39, 0.29) is 0 Å². The molecule has 0 radical (unpaired) electrons. The van der Waals surface area contributed by atoms with Crippen molar-refractivity contribution in [3.8, 4) is 11.8 Å². The van der Waals surface area contributed by atoms with E-state index in [1.807, 2.05) is 0 Å². The van der Waals surface area contributed by atoms with Crippen LogP contribution in [0.1, 0.15) is 5.56 Å². The van der Waals surface area contributed by atoms with Crippen LogP contribution in [0.2, 0.25) is 0 Å². The number of morpholine rings is 1. The Labute approximate surface area is 107 Å². The predicted octanol–water partition coefficient (Wildman–Crippen LogP) is 0.851. The molecule has 5 nitrogen and oxygen atoms in total. The third-order valence-electron chi connectivity index (χ3n) is 2.91. The molecule has 1 saturated heterocycles. The van der Waals surface area contributed by atoms with Gasteiger partial charge >= 0.3 is 0 Å². The summed E-state index contributed by atoms with van der Waals surface area (Å²) in [7, 11) is 0. The van der Waals surface area contributed by atoms with Gasteiger partial charge in [0.25, 0.3) is 0 Å². The standard InChI is InChI=1S/C13H17N3O2/c14-10-11-1-2-12(15)13(9-11)18-8-5-16-3-6-17-7-4-16/h1-2,9H,3-8,15H2. The fraction of sp³-hybridized carbons (Fsp3) is 0.462. The van der Waals surface area contributed by atoms with Crippen LogP contribution in [0.25, 0.3) is 0 Å². The molecular formula is C13H17N3O2. The Morgan fingerprint density at radius 1 is 1.39 bits per heavy atom. The van der Waals surface area contributed by atoms with E-state index < -0.39 is 0 Å². The molecule has 0 spiro atoms. The minimum absolute atomic E-state index is 0.561. The van der Waals surface area contributed by atoms with Crippen molar-refractivity contribution in [2.75, 3.05) is 45.2 Å². The van der Waals surface area contributed by atoms with E-state index in [9.17, 15) is 0 Å². The van der Waals surface area contributed by atoms with E-state index in [4.69, 9.17) is 20.5 Å². The van der Waals surface area contributed by atoms with Crippen molar-refractivity contribution in [3.05, 3.63) is 23.8 Å². The van der Waals surface area contributed by atoms with E-state index in [1.54, 1.807) is 18.2 Å². The maximum absolute atomic E-state index is 8.81. The smallest absolute Gasteiger partial charge is 0.143 e. The molecule has 2 N–H and O–H groups in total.